The van der Waals surface area contributed by atoms with Gasteiger partial charge < -0.3 is 10.1 Å². The van der Waals surface area contributed by atoms with Gasteiger partial charge in [-0.1, -0.05) is 129 Å². The Labute approximate surface area is 222 Å². The van der Waals surface area contributed by atoms with Crippen molar-refractivity contribution in [3.05, 3.63) is 94.5 Å². The fraction of sp³-hybridized carbons (Fsp3) is 0.455. The van der Waals surface area contributed by atoms with E-state index in [9.17, 15) is 0 Å². The molecule has 194 valence electrons. The highest BCUT2D eigenvalue weighted by atomic mass is 31.1. The van der Waals surface area contributed by atoms with Gasteiger partial charge in [-0.2, -0.15) is 0 Å². The maximum Gasteiger partial charge on any atom is 0.126 e. The first-order valence-corrected chi connectivity index (χ1v) is 14.5. The second-order valence-corrected chi connectivity index (χ2v) is 13.2. The first-order valence-electron chi connectivity index (χ1n) is 13.5. The molecule has 1 N–H and O–H groups in total. The Morgan fingerprint density at radius 1 is 0.889 bits per heavy atom. The molecule has 0 saturated carbocycles. The molecular weight excluding hydrogens is 457 g/mol. The van der Waals surface area contributed by atoms with E-state index in [4.69, 9.17) is 4.74 Å². The summed E-state index contributed by atoms with van der Waals surface area (Å²) in [5, 5.41) is 4.82. The molecule has 3 aromatic rings. The molecule has 2 nitrogen and oxygen atoms in total. The Morgan fingerprint density at radius 3 is 2.25 bits per heavy atom. The molecular formula is C33H46NOP. The first kappa shape index (κ1) is 28.4. The van der Waals surface area contributed by atoms with E-state index in [1.54, 1.807) is 0 Å². The van der Waals surface area contributed by atoms with E-state index in [-0.39, 0.29) is 10.6 Å². The molecule has 2 unspecified atom stereocenters. The summed E-state index contributed by atoms with van der Waals surface area (Å²) < 4.78 is 6.68. The van der Waals surface area contributed by atoms with Crippen LogP contribution in [-0.4, -0.2) is 7.05 Å². The van der Waals surface area contributed by atoms with E-state index in [2.05, 4.69) is 114 Å². The summed E-state index contributed by atoms with van der Waals surface area (Å²) in [6, 6.07) is 24.3. The minimum absolute atomic E-state index is 0.00292. The van der Waals surface area contributed by atoms with Gasteiger partial charge in [-0.05, 0) is 53.4 Å². The number of aryl methyl sites for hydroxylation is 1. The molecule has 0 spiro atoms. The average Bonchev–Trinajstić information content (AvgIpc) is 2.84. The number of hydrogen-bond acceptors (Lipinski definition) is 2. The zero-order valence-corrected chi connectivity index (χ0v) is 24.5. The van der Waals surface area contributed by atoms with Crippen LogP contribution in [0.3, 0.4) is 0 Å². The number of unbranched alkanes of at least 4 members (excludes halogenated alkanes) is 2. The third-order valence-corrected chi connectivity index (χ3v) is 8.86. The van der Waals surface area contributed by atoms with Crippen LogP contribution in [0, 0.1) is 6.92 Å². The molecule has 0 radical (unpaired) electrons. The topological polar surface area (TPSA) is 21.3 Å². The van der Waals surface area contributed by atoms with Crippen LogP contribution < -0.4 is 15.4 Å². The number of hydrogen-bond donors (Lipinski definition) is 1. The Kier molecular flexibility index (Phi) is 10.2. The highest BCUT2D eigenvalue weighted by Crippen LogP contribution is 2.50. The Morgan fingerprint density at radius 2 is 1.58 bits per heavy atom. The molecule has 0 aliphatic rings. The lowest BCUT2D eigenvalue weighted by Crippen LogP contribution is -2.25. The van der Waals surface area contributed by atoms with Crippen molar-refractivity contribution in [1.82, 2.24) is 5.32 Å². The quantitative estimate of drug-likeness (QED) is 0.198. The van der Waals surface area contributed by atoms with Crippen molar-refractivity contribution in [3.8, 4) is 5.75 Å². The molecule has 3 heteroatoms. The number of nitrogens with one attached hydrogen (secondary N) is 1. The maximum absolute atomic E-state index is 6.68. The maximum atomic E-state index is 6.68. The van der Waals surface area contributed by atoms with E-state index >= 15 is 0 Å². The van der Waals surface area contributed by atoms with Crippen molar-refractivity contribution < 1.29 is 4.74 Å². The Hall–Kier alpha value is -2.15. The minimum atomic E-state index is -0.00292. The van der Waals surface area contributed by atoms with Crippen molar-refractivity contribution >= 4 is 13.9 Å². The van der Waals surface area contributed by atoms with Gasteiger partial charge in [0.2, 0.25) is 0 Å². The van der Waals surface area contributed by atoms with Gasteiger partial charge in [0.25, 0.3) is 0 Å². The molecule has 0 aliphatic heterocycles. The molecule has 0 aliphatic carbocycles. The van der Waals surface area contributed by atoms with Crippen LogP contribution in [0.25, 0.3) is 0 Å². The van der Waals surface area contributed by atoms with Crippen molar-refractivity contribution in [2.24, 2.45) is 0 Å². The fourth-order valence-electron chi connectivity index (χ4n) is 4.82. The lowest BCUT2D eigenvalue weighted by Gasteiger charge is -2.35. The fourth-order valence-corrected chi connectivity index (χ4v) is 6.54. The van der Waals surface area contributed by atoms with Crippen molar-refractivity contribution in [1.29, 1.82) is 0 Å². The van der Waals surface area contributed by atoms with Crippen LogP contribution >= 0.6 is 8.58 Å². The first-order chi connectivity index (χ1) is 17.2. The van der Waals surface area contributed by atoms with Crippen molar-refractivity contribution in [2.45, 2.75) is 90.9 Å². The lowest BCUT2D eigenvalue weighted by molar-refractivity contribution is 0.296. The van der Waals surface area contributed by atoms with Gasteiger partial charge in [-0.15, -0.1) is 0 Å². The summed E-state index contributed by atoms with van der Waals surface area (Å²) in [7, 11) is 2.70. The van der Waals surface area contributed by atoms with E-state index < -0.39 is 0 Å². The minimum Gasteiger partial charge on any atom is -0.488 e. The van der Waals surface area contributed by atoms with Crippen molar-refractivity contribution in [3.63, 3.8) is 0 Å². The normalized spacial score (nSPS) is 13.8. The standard InChI is InChI=1S/C33H46NOP/c1-8-9-15-20-33(6,36-30-19-14-13-18-27(30)23-34-7)29-22-28(32(3,4)5)21-25(2)31(29)35-24-26-16-11-10-12-17-26/h10-14,16-19,21-22,34,36H,8-9,15,20,23-24H2,1-7H3. The molecule has 0 saturated heterocycles. The molecule has 0 fully saturated rings. The van der Waals surface area contributed by atoms with Gasteiger partial charge >= 0.3 is 0 Å². The predicted octanol–water partition coefficient (Wildman–Crippen LogP) is 8.39. The van der Waals surface area contributed by atoms with Crippen LogP contribution in [-0.2, 0) is 23.7 Å². The van der Waals surface area contributed by atoms with Gasteiger partial charge in [0.1, 0.15) is 12.4 Å². The molecule has 36 heavy (non-hydrogen) atoms. The van der Waals surface area contributed by atoms with Crippen LogP contribution in [0.15, 0.2) is 66.7 Å². The van der Waals surface area contributed by atoms with Gasteiger partial charge in [-0.3, -0.25) is 0 Å². The molecule has 3 aromatic carbocycles. The van der Waals surface area contributed by atoms with Crippen LogP contribution in [0.4, 0.5) is 0 Å². The smallest absolute Gasteiger partial charge is 0.126 e. The lowest BCUT2D eigenvalue weighted by atomic mass is 9.82. The Balaban J connectivity index is 2.12. The van der Waals surface area contributed by atoms with E-state index in [1.807, 2.05) is 7.05 Å². The Bertz CT molecular complexity index is 1100. The van der Waals surface area contributed by atoms with Crippen LogP contribution in [0.2, 0.25) is 0 Å². The summed E-state index contributed by atoms with van der Waals surface area (Å²) in [6.07, 6.45) is 4.87. The monoisotopic (exact) mass is 503 g/mol. The second-order valence-electron chi connectivity index (χ2n) is 11.3. The molecule has 0 bridgehead atoms. The molecule has 0 amide bonds. The van der Waals surface area contributed by atoms with Gasteiger partial charge in [-0.25, -0.2) is 0 Å². The highest BCUT2D eigenvalue weighted by molar-refractivity contribution is 7.48. The van der Waals surface area contributed by atoms with Crippen LogP contribution in [0.5, 0.6) is 5.75 Å². The predicted molar refractivity (Wildman–Crippen MR) is 159 cm³/mol. The van der Waals surface area contributed by atoms with Crippen LogP contribution in [0.1, 0.15) is 88.1 Å². The number of benzene rings is 3. The zero-order valence-electron chi connectivity index (χ0n) is 23.5. The van der Waals surface area contributed by atoms with Gasteiger partial charge in [0, 0.05) is 17.3 Å². The van der Waals surface area contributed by atoms with Gasteiger partial charge in [0.15, 0.2) is 0 Å². The summed E-state index contributed by atoms with van der Waals surface area (Å²) >= 11 is 0. The number of ether oxygens (including phenoxy) is 1. The third-order valence-electron chi connectivity index (χ3n) is 7.04. The summed E-state index contributed by atoms with van der Waals surface area (Å²) in [6.45, 7) is 15.4. The average molecular weight is 504 g/mol. The van der Waals surface area contributed by atoms with E-state index in [1.165, 1.54) is 52.4 Å². The highest BCUT2D eigenvalue weighted by Gasteiger charge is 2.33. The SMILES string of the molecule is CCCCCC(C)(Pc1ccccc1CNC)c1cc(C(C)(C)C)cc(C)c1OCc1ccccc1. The second kappa shape index (κ2) is 12.9. The summed E-state index contributed by atoms with van der Waals surface area (Å²) in [5.74, 6) is 1.07. The largest absolute Gasteiger partial charge is 0.488 e. The summed E-state index contributed by atoms with van der Waals surface area (Å²) in [4.78, 5) is 0. The zero-order chi connectivity index (χ0) is 26.2. The van der Waals surface area contributed by atoms with E-state index in [0.717, 1.165) is 18.7 Å². The summed E-state index contributed by atoms with van der Waals surface area (Å²) in [5.41, 5.74) is 6.68. The van der Waals surface area contributed by atoms with E-state index in [0.29, 0.717) is 15.2 Å². The third kappa shape index (κ3) is 7.44. The number of rotatable bonds is 12. The van der Waals surface area contributed by atoms with Gasteiger partial charge in [0.05, 0.1) is 0 Å². The molecule has 0 heterocycles. The molecule has 2 atom stereocenters. The van der Waals surface area contributed by atoms with Crippen molar-refractivity contribution in [2.75, 3.05) is 7.05 Å². The molecule has 3 rings (SSSR count). The molecule has 0 aromatic heterocycles.